The zero-order valence-electron chi connectivity index (χ0n) is 28.9. The average Bonchev–Trinajstić information content (AvgIpc) is 3.55. The fraction of sp³-hybridized carbons (Fsp3) is 0.0200. The smallest absolute Gasteiger partial charge is 0.164 e. The molecule has 0 radical (unpaired) electrons. The molecule has 0 fully saturated rings. The molecular formula is C50H33N3. The van der Waals surface area contributed by atoms with Gasteiger partial charge in [-0.15, -0.1) is 0 Å². The van der Waals surface area contributed by atoms with Crippen molar-refractivity contribution in [3.63, 3.8) is 0 Å². The van der Waals surface area contributed by atoms with Gasteiger partial charge in [0.15, 0.2) is 17.5 Å². The molecule has 0 bridgehead atoms. The lowest BCUT2D eigenvalue weighted by atomic mass is 9.67. The van der Waals surface area contributed by atoms with Gasteiger partial charge in [-0.25, -0.2) is 15.0 Å². The van der Waals surface area contributed by atoms with Crippen molar-refractivity contribution in [2.24, 2.45) is 0 Å². The molecule has 1 aliphatic carbocycles. The summed E-state index contributed by atoms with van der Waals surface area (Å²) in [5.74, 6) is 1.92. The largest absolute Gasteiger partial charge is 0.208 e. The highest BCUT2D eigenvalue weighted by atomic mass is 15.0. The van der Waals surface area contributed by atoms with Gasteiger partial charge in [-0.05, 0) is 67.4 Å². The molecule has 10 rings (SSSR count). The van der Waals surface area contributed by atoms with Crippen LogP contribution in [0.15, 0.2) is 200 Å². The Morgan fingerprint density at radius 2 is 0.755 bits per heavy atom. The van der Waals surface area contributed by atoms with Crippen LogP contribution in [0.3, 0.4) is 0 Å². The van der Waals surface area contributed by atoms with E-state index in [9.17, 15) is 0 Å². The Morgan fingerprint density at radius 1 is 0.283 bits per heavy atom. The second-order valence-electron chi connectivity index (χ2n) is 13.6. The zero-order chi connectivity index (χ0) is 35.2. The van der Waals surface area contributed by atoms with Crippen LogP contribution in [0.4, 0.5) is 0 Å². The van der Waals surface area contributed by atoms with Gasteiger partial charge in [-0.3, -0.25) is 0 Å². The minimum atomic E-state index is -0.513. The molecule has 0 aliphatic heterocycles. The van der Waals surface area contributed by atoms with Crippen LogP contribution in [0.2, 0.25) is 0 Å². The predicted molar refractivity (Wildman–Crippen MR) is 216 cm³/mol. The van der Waals surface area contributed by atoms with E-state index in [1.54, 1.807) is 0 Å². The number of fused-ring (bicyclic) bond motifs is 4. The summed E-state index contributed by atoms with van der Waals surface area (Å²) >= 11 is 0. The van der Waals surface area contributed by atoms with Crippen molar-refractivity contribution in [1.29, 1.82) is 0 Å². The van der Waals surface area contributed by atoms with Gasteiger partial charge in [-0.1, -0.05) is 188 Å². The highest BCUT2D eigenvalue weighted by molar-refractivity contribution is 5.89. The van der Waals surface area contributed by atoms with Crippen molar-refractivity contribution in [2.45, 2.75) is 5.41 Å². The van der Waals surface area contributed by atoms with Crippen LogP contribution in [0, 0.1) is 0 Å². The van der Waals surface area contributed by atoms with Crippen LogP contribution in [0.1, 0.15) is 22.3 Å². The first-order valence-electron chi connectivity index (χ1n) is 18.0. The van der Waals surface area contributed by atoms with E-state index in [0.717, 1.165) is 22.3 Å². The monoisotopic (exact) mass is 675 g/mol. The molecule has 0 spiro atoms. The van der Waals surface area contributed by atoms with Gasteiger partial charge < -0.3 is 0 Å². The molecule has 1 aromatic heterocycles. The molecule has 8 aromatic carbocycles. The fourth-order valence-corrected chi connectivity index (χ4v) is 8.11. The lowest BCUT2D eigenvalue weighted by Crippen LogP contribution is -2.28. The fourth-order valence-electron chi connectivity index (χ4n) is 8.11. The van der Waals surface area contributed by atoms with Crippen molar-refractivity contribution in [3.05, 3.63) is 222 Å². The van der Waals surface area contributed by atoms with E-state index >= 15 is 0 Å². The second-order valence-corrected chi connectivity index (χ2v) is 13.6. The van der Waals surface area contributed by atoms with Crippen molar-refractivity contribution >= 4 is 10.8 Å². The lowest BCUT2D eigenvalue weighted by molar-refractivity contribution is 0.768. The normalized spacial score (nSPS) is 12.7. The third-order valence-corrected chi connectivity index (χ3v) is 10.6. The summed E-state index contributed by atoms with van der Waals surface area (Å²) in [5, 5.41) is 2.46. The minimum absolute atomic E-state index is 0.513. The van der Waals surface area contributed by atoms with Crippen LogP contribution < -0.4 is 0 Å². The molecule has 0 atom stereocenters. The molecule has 0 unspecified atom stereocenters. The summed E-state index contributed by atoms with van der Waals surface area (Å²) in [6, 6.07) is 71.1. The van der Waals surface area contributed by atoms with E-state index in [1.165, 1.54) is 49.7 Å². The number of hydrogen-bond acceptors (Lipinski definition) is 3. The minimum Gasteiger partial charge on any atom is -0.208 e. The highest BCUT2D eigenvalue weighted by Gasteiger charge is 2.46. The molecule has 9 aromatic rings. The number of rotatable bonds is 6. The summed E-state index contributed by atoms with van der Waals surface area (Å²) in [6.07, 6.45) is 0. The zero-order valence-corrected chi connectivity index (χ0v) is 28.9. The number of nitrogens with zero attached hydrogens (tertiary/aromatic N) is 3. The Bertz CT molecular complexity index is 2720. The third-order valence-electron chi connectivity index (χ3n) is 10.6. The predicted octanol–water partition coefficient (Wildman–Crippen LogP) is 12.1. The van der Waals surface area contributed by atoms with Crippen molar-refractivity contribution in [3.8, 4) is 56.4 Å². The van der Waals surface area contributed by atoms with Crippen LogP contribution in [0.5, 0.6) is 0 Å². The first-order chi connectivity index (χ1) is 26.3. The molecule has 1 aliphatic rings. The van der Waals surface area contributed by atoms with Crippen LogP contribution in [0.25, 0.3) is 67.2 Å². The number of benzene rings is 8. The number of aromatic nitrogens is 3. The van der Waals surface area contributed by atoms with Gasteiger partial charge in [0.1, 0.15) is 0 Å². The van der Waals surface area contributed by atoms with E-state index in [2.05, 4.69) is 182 Å². The van der Waals surface area contributed by atoms with Gasteiger partial charge in [0, 0.05) is 16.7 Å². The van der Waals surface area contributed by atoms with Crippen molar-refractivity contribution < 1.29 is 0 Å². The van der Waals surface area contributed by atoms with E-state index in [1.807, 2.05) is 18.2 Å². The quantitative estimate of drug-likeness (QED) is 0.176. The van der Waals surface area contributed by atoms with Crippen molar-refractivity contribution in [2.75, 3.05) is 0 Å². The van der Waals surface area contributed by atoms with Gasteiger partial charge in [0.25, 0.3) is 0 Å². The summed E-state index contributed by atoms with van der Waals surface area (Å²) in [5.41, 5.74) is 12.0. The van der Waals surface area contributed by atoms with E-state index in [-0.39, 0.29) is 0 Å². The Labute approximate surface area is 309 Å². The molecule has 1 heterocycles. The summed E-state index contributed by atoms with van der Waals surface area (Å²) in [4.78, 5) is 15.4. The first-order valence-corrected chi connectivity index (χ1v) is 18.0. The maximum absolute atomic E-state index is 5.19. The lowest BCUT2D eigenvalue weighted by Gasteiger charge is -2.34. The number of hydrogen-bond donors (Lipinski definition) is 0. The van der Waals surface area contributed by atoms with Gasteiger partial charge in [0.2, 0.25) is 0 Å². The Kier molecular flexibility index (Phi) is 7.36. The SMILES string of the molecule is c1ccc(-c2nc(-c3ccc(-c4ccc5ccccc5c4)cc3)nc(-c3ccc4c(c3)C(c3ccccc3)(c3ccccc3)c3ccccc3-4)n2)cc1. The molecule has 0 saturated carbocycles. The Balaban J connectivity index is 1.14. The molecule has 248 valence electrons. The average molecular weight is 676 g/mol. The van der Waals surface area contributed by atoms with E-state index < -0.39 is 5.41 Å². The highest BCUT2D eigenvalue weighted by Crippen LogP contribution is 2.56. The van der Waals surface area contributed by atoms with Gasteiger partial charge in [0.05, 0.1) is 5.41 Å². The van der Waals surface area contributed by atoms with Crippen LogP contribution in [-0.4, -0.2) is 15.0 Å². The summed E-state index contributed by atoms with van der Waals surface area (Å²) in [6.45, 7) is 0. The topological polar surface area (TPSA) is 38.7 Å². The first kappa shape index (κ1) is 30.8. The molecule has 0 saturated heterocycles. The molecule has 3 nitrogen and oxygen atoms in total. The van der Waals surface area contributed by atoms with Crippen LogP contribution >= 0.6 is 0 Å². The summed E-state index contributed by atoms with van der Waals surface area (Å²) < 4.78 is 0. The molecule has 0 amide bonds. The molecule has 3 heteroatoms. The molecule has 0 N–H and O–H groups in total. The standard InChI is InChI=1S/C50H33N3/c1-4-15-36(16-5-1)47-51-48(37-27-24-35(25-28-37)39-29-26-34-14-10-11-17-38(34)32-39)53-49(52-47)40-30-31-44-43-22-12-13-23-45(43)50(46(44)33-40,41-18-6-2-7-19-41)42-20-8-3-9-21-42/h1-33H. The van der Waals surface area contributed by atoms with Gasteiger partial charge >= 0.3 is 0 Å². The maximum Gasteiger partial charge on any atom is 0.164 e. The third kappa shape index (κ3) is 5.17. The van der Waals surface area contributed by atoms with Crippen LogP contribution in [-0.2, 0) is 5.41 Å². The van der Waals surface area contributed by atoms with Crippen molar-refractivity contribution in [1.82, 2.24) is 15.0 Å². The molecule has 53 heavy (non-hydrogen) atoms. The Hall–Kier alpha value is -6.97. The summed E-state index contributed by atoms with van der Waals surface area (Å²) in [7, 11) is 0. The Morgan fingerprint density at radius 3 is 1.43 bits per heavy atom. The molecular weight excluding hydrogens is 643 g/mol. The maximum atomic E-state index is 5.19. The van der Waals surface area contributed by atoms with E-state index in [4.69, 9.17) is 15.0 Å². The van der Waals surface area contributed by atoms with E-state index in [0.29, 0.717) is 17.5 Å². The van der Waals surface area contributed by atoms with Gasteiger partial charge in [-0.2, -0.15) is 0 Å². The second kappa shape index (κ2) is 12.7.